The van der Waals surface area contributed by atoms with E-state index in [1.807, 2.05) is 7.05 Å². The lowest BCUT2D eigenvalue weighted by Gasteiger charge is -2.14. The van der Waals surface area contributed by atoms with Crippen LogP contribution in [0.3, 0.4) is 0 Å². The number of likely N-dealkylation sites (N-methyl/N-ethyl adjacent to an activating group) is 1. The van der Waals surface area contributed by atoms with E-state index in [-0.39, 0.29) is 24.6 Å². The molecule has 0 aliphatic carbocycles. The average molecular weight is 172 g/mol. The molecule has 1 aliphatic rings. The molecule has 0 unspecified atom stereocenters. The van der Waals surface area contributed by atoms with Crippen LogP contribution < -0.4 is 5.32 Å². The number of rotatable bonds is 2. The molecule has 12 heavy (non-hydrogen) atoms. The summed E-state index contributed by atoms with van der Waals surface area (Å²) in [5.41, 5.74) is 0. The van der Waals surface area contributed by atoms with Crippen molar-refractivity contribution in [3.05, 3.63) is 0 Å². The zero-order valence-electron chi connectivity index (χ0n) is 7.58. The molecule has 2 N–H and O–H groups in total. The average Bonchev–Trinajstić information content (AvgIpc) is 2.29. The molecule has 1 heterocycles. The van der Waals surface area contributed by atoms with E-state index in [0.717, 1.165) is 13.0 Å². The lowest BCUT2D eigenvalue weighted by Crippen LogP contribution is -2.34. The van der Waals surface area contributed by atoms with Crippen molar-refractivity contribution < 1.29 is 9.90 Å². The van der Waals surface area contributed by atoms with Gasteiger partial charge in [0.25, 0.3) is 0 Å². The van der Waals surface area contributed by atoms with Gasteiger partial charge < -0.3 is 10.4 Å². The van der Waals surface area contributed by atoms with Gasteiger partial charge in [0.05, 0.1) is 6.61 Å². The van der Waals surface area contributed by atoms with E-state index < -0.39 is 0 Å². The number of aliphatic hydroxyl groups excluding tert-OH is 1. The number of likely N-dealkylation sites (tertiary alicyclic amines) is 1. The lowest BCUT2D eigenvalue weighted by atomic mass is 10.2. The summed E-state index contributed by atoms with van der Waals surface area (Å²) in [6.07, 6.45) is 0.854. The Morgan fingerprint density at radius 3 is 2.83 bits per heavy atom. The van der Waals surface area contributed by atoms with Crippen LogP contribution in [0.25, 0.3) is 0 Å². The molecule has 0 radical (unpaired) electrons. The van der Waals surface area contributed by atoms with Gasteiger partial charge in [-0.25, -0.2) is 0 Å². The van der Waals surface area contributed by atoms with E-state index in [2.05, 4.69) is 10.2 Å². The van der Waals surface area contributed by atoms with Crippen LogP contribution in [0, 0.1) is 0 Å². The third-order valence-corrected chi connectivity index (χ3v) is 2.31. The minimum absolute atomic E-state index is 0.00647. The normalized spacial score (nSPS) is 30.6. The zero-order valence-corrected chi connectivity index (χ0v) is 7.58. The summed E-state index contributed by atoms with van der Waals surface area (Å²) in [7, 11) is 1.96. The van der Waals surface area contributed by atoms with Crippen molar-refractivity contribution in [2.24, 2.45) is 0 Å². The number of nitrogens with zero attached hydrogens (tertiary/aromatic N) is 1. The maximum atomic E-state index is 10.7. The maximum Gasteiger partial charge on any atom is 0.217 e. The third kappa shape index (κ3) is 2.19. The van der Waals surface area contributed by atoms with E-state index in [1.165, 1.54) is 6.92 Å². The number of hydrogen-bond donors (Lipinski definition) is 2. The van der Waals surface area contributed by atoms with Crippen molar-refractivity contribution in [2.45, 2.75) is 25.4 Å². The van der Waals surface area contributed by atoms with E-state index in [4.69, 9.17) is 5.11 Å². The van der Waals surface area contributed by atoms with E-state index in [0.29, 0.717) is 0 Å². The van der Waals surface area contributed by atoms with Crippen LogP contribution in [-0.2, 0) is 4.79 Å². The Kier molecular flexibility index (Phi) is 3.05. The number of nitrogens with one attached hydrogen (secondary N) is 1. The Balaban J connectivity index is 2.37. The predicted octanol–water partition coefficient (Wildman–Crippen LogP) is -0.812. The topological polar surface area (TPSA) is 52.6 Å². The van der Waals surface area contributed by atoms with Gasteiger partial charge in [-0.2, -0.15) is 0 Å². The van der Waals surface area contributed by atoms with Crippen molar-refractivity contribution >= 4 is 5.91 Å². The fourth-order valence-corrected chi connectivity index (χ4v) is 1.69. The highest BCUT2D eigenvalue weighted by atomic mass is 16.3. The summed E-state index contributed by atoms with van der Waals surface area (Å²) in [6, 6.07) is 0.423. The molecule has 1 rings (SSSR count). The predicted molar refractivity (Wildman–Crippen MR) is 45.7 cm³/mol. The molecule has 4 heteroatoms. The van der Waals surface area contributed by atoms with E-state index >= 15 is 0 Å². The summed E-state index contributed by atoms with van der Waals surface area (Å²) >= 11 is 0. The molecule has 0 aromatic rings. The molecule has 0 aromatic heterocycles. The van der Waals surface area contributed by atoms with Crippen LogP contribution in [0.2, 0.25) is 0 Å². The summed E-state index contributed by atoms with van der Waals surface area (Å²) in [5, 5.41) is 11.8. The van der Waals surface area contributed by atoms with Gasteiger partial charge >= 0.3 is 0 Å². The Bertz CT molecular complexity index is 172. The highest BCUT2D eigenvalue weighted by Crippen LogP contribution is 2.14. The van der Waals surface area contributed by atoms with Gasteiger partial charge in [-0.15, -0.1) is 0 Å². The van der Waals surface area contributed by atoms with Gasteiger partial charge in [-0.1, -0.05) is 0 Å². The van der Waals surface area contributed by atoms with Crippen LogP contribution in [0.4, 0.5) is 0 Å². The number of aliphatic hydroxyl groups is 1. The lowest BCUT2D eigenvalue weighted by molar-refractivity contribution is -0.119. The van der Waals surface area contributed by atoms with Gasteiger partial charge in [-0.05, 0) is 13.5 Å². The smallest absolute Gasteiger partial charge is 0.217 e. The largest absolute Gasteiger partial charge is 0.395 e. The SMILES string of the molecule is CC(=O)N[C@H]1C[C@@H](CO)N(C)C1. The summed E-state index contributed by atoms with van der Waals surface area (Å²) in [5.74, 6) is 0.00647. The molecule has 1 saturated heterocycles. The number of carbonyl (C=O) groups excluding carboxylic acids is 1. The molecule has 70 valence electrons. The molecule has 2 atom stereocenters. The van der Waals surface area contributed by atoms with Gasteiger partial charge in [0, 0.05) is 25.6 Å². The van der Waals surface area contributed by atoms with Crippen molar-refractivity contribution in [3.8, 4) is 0 Å². The summed E-state index contributed by atoms with van der Waals surface area (Å²) in [6.45, 7) is 2.53. The third-order valence-electron chi connectivity index (χ3n) is 2.31. The quantitative estimate of drug-likeness (QED) is 0.572. The number of hydrogen-bond acceptors (Lipinski definition) is 3. The molecule has 0 saturated carbocycles. The van der Waals surface area contributed by atoms with Crippen LogP contribution in [0.1, 0.15) is 13.3 Å². The first-order valence-corrected chi connectivity index (χ1v) is 4.21. The minimum atomic E-state index is 0.00647. The molecule has 4 nitrogen and oxygen atoms in total. The minimum Gasteiger partial charge on any atom is -0.395 e. The summed E-state index contributed by atoms with van der Waals surface area (Å²) in [4.78, 5) is 12.8. The van der Waals surface area contributed by atoms with Crippen molar-refractivity contribution in [2.75, 3.05) is 20.2 Å². The molecule has 0 aromatic carbocycles. The Hall–Kier alpha value is -0.610. The second-order valence-electron chi connectivity index (χ2n) is 3.41. The van der Waals surface area contributed by atoms with Crippen molar-refractivity contribution in [1.82, 2.24) is 10.2 Å². The van der Waals surface area contributed by atoms with E-state index in [9.17, 15) is 4.79 Å². The maximum absolute atomic E-state index is 10.7. The molecule has 1 amide bonds. The molecule has 1 fully saturated rings. The van der Waals surface area contributed by atoms with Crippen LogP contribution in [0.5, 0.6) is 0 Å². The molecule has 0 bridgehead atoms. The van der Waals surface area contributed by atoms with Gasteiger partial charge in [0.2, 0.25) is 5.91 Å². The van der Waals surface area contributed by atoms with Crippen LogP contribution >= 0.6 is 0 Å². The fourth-order valence-electron chi connectivity index (χ4n) is 1.69. The molecule has 1 aliphatic heterocycles. The monoisotopic (exact) mass is 172 g/mol. The fraction of sp³-hybridized carbons (Fsp3) is 0.875. The van der Waals surface area contributed by atoms with Crippen LogP contribution in [-0.4, -0.2) is 48.2 Å². The first kappa shape index (κ1) is 9.48. The van der Waals surface area contributed by atoms with Gasteiger partial charge in [0.15, 0.2) is 0 Å². The molecular formula is C8H16N2O2. The first-order valence-electron chi connectivity index (χ1n) is 4.21. The summed E-state index contributed by atoms with van der Waals surface area (Å²) < 4.78 is 0. The standard InChI is InChI=1S/C8H16N2O2/c1-6(12)9-7-3-8(5-11)10(2)4-7/h7-8,11H,3-5H2,1-2H3,(H,9,12)/t7-,8-/m0/s1. The van der Waals surface area contributed by atoms with Crippen molar-refractivity contribution in [3.63, 3.8) is 0 Å². The van der Waals surface area contributed by atoms with Crippen molar-refractivity contribution in [1.29, 1.82) is 0 Å². The first-order chi connectivity index (χ1) is 5.63. The molecule has 0 spiro atoms. The second kappa shape index (κ2) is 3.87. The zero-order chi connectivity index (χ0) is 9.14. The van der Waals surface area contributed by atoms with Gasteiger partial charge in [0.1, 0.15) is 0 Å². The highest BCUT2D eigenvalue weighted by Gasteiger charge is 2.28. The number of carbonyl (C=O) groups is 1. The van der Waals surface area contributed by atoms with Gasteiger partial charge in [-0.3, -0.25) is 9.69 Å². The van der Waals surface area contributed by atoms with E-state index in [1.54, 1.807) is 0 Å². The Labute approximate surface area is 72.6 Å². The Morgan fingerprint density at radius 1 is 1.75 bits per heavy atom. The van der Waals surface area contributed by atoms with Crippen LogP contribution in [0.15, 0.2) is 0 Å². The molecular weight excluding hydrogens is 156 g/mol. The number of amides is 1. The Morgan fingerprint density at radius 2 is 2.42 bits per heavy atom. The second-order valence-corrected chi connectivity index (χ2v) is 3.41. The highest BCUT2D eigenvalue weighted by molar-refractivity contribution is 5.73.